The van der Waals surface area contributed by atoms with Crippen LogP contribution in [0.5, 0.6) is 0 Å². The van der Waals surface area contributed by atoms with E-state index in [0.29, 0.717) is 0 Å². The lowest BCUT2D eigenvalue weighted by Crippen LogP contribution is -2.39. The number of unbranched alkanes of at least 4 members (excludes halogenated alkanes) is 15. The van der Waals surface area contributed by atoms with E-state index in [2.05, 4.69) is 21.0 Å². The van der Waals surface area contributed by atoms with E-state index in [4.69, 9.17) is 4.55 Å². The average Bonchev–Trinajstić information content (AvgIpc) is 2.73. The van der Waals surface area contributed by atoms with Crippen LogP contribution in [-0.4, -0.2) is 38.1 Å². The molecule has 0 spiro atoms. The topological polar surface area (TPSA) is 54.4 Å². The Bertz CT molecular complexity index is 683. The third-order valence-corrected chi connectivity index (χ3v) is 7.32. The Balaban J connectivity index is 1.98. The molecule has 0 saturated carbocycles. The average molecular weight is 469 g/mol. The Kier molecular flexibility index (Phi) is 15.2. The van der Waals surface area contributed by atoms with Crippen molar-refractivity contribution < 1.29 is 17.5 Å². The fourth-order valence-electron chi connectivity index (χ4n) is 4.43. The lowest BCUT2D eigenvalue weighted by molar-refractivity contribution is -0.903. The largest absolute Gasteiger partial charge is 0.325 e. The van der Waals surface area contributed by atoms with Crippen molar-refractivity contribution in [2.24, 2.45) is 0 Å². The zero-order valence-electron chi connectivity index (χ0n) is 21.2. The minimum atomic E-state index is -4.11. The monoisotopic (exact) mass is 468 g/mol. The second-order valence-corrected chi connectivity index (χ2v) is 11.7. The number of hydrogen-bond donors (Lipinski definition) is 1. The van der Waals surface area contributed by atoms with E-state index in [-0.39, 0.29) is 4.90 Å². The number of hydrogen-bond acceptors (Lipinski definition) is 2. The second-order valence-electron chi connectivity index (χ2n) is 10.2. The summed E-state index contributed by atoms with van der Waals surface area (Å²) in [5.41, 5.74) is 1.10. The maximum atomic E-state index is 11.2. The van der Waals surface area contributed by atoms with E-state index < -0.39 is 10.1 Å². The predicted molar refractivity (Wildman–Crippen MR) is 136 cm³/mol. The molecule has 0 aliphatic heterocycles. The van der Waals surface area contributed by atoms with Gasteiger partial charge in [-0.15, -0.1) is 0 Å². The summed E-state index contributed by atoms with van der Waals surface area (Å²) >= 11 is 0. The van der Waals surface area contributed by atoms with Crippen LogP contribution in [0, 0.1) is 0 Å². The van der Waals surface area contributed by atoms with Crippen molar-refractivity contribution >= 4 is 10.1 Å². The number of benzene rings is 1. The van der Waals surface area contributed by atoms with Crippen LogP contribution in [0.4, 0.5) is 0 Å². The molecule has 0 amide bonds. The summed E-state index contributed by atoms with van der Waals surface area (Å²) in [6, 6.07) is 6.58. The van der Waals surface area contributed by atoms with Crippen LogP contribution in [0.15, 0.2) is 29.2 Å². The minimum Gasteiger partial charge on any atom is -0.325 e. The summed E-state index contributed by atoms with van der Waals surface area (Å²) in [5.74, 6) is 0. The van der Waals surface area contributed by atoms with E-state index in [1.54, 1.807) is 12.1 Å². The van der Waals surface area contributed by atoms with E-state index in [1.807, 2.05) is 0 Å². The molecule has 0 aliphatic carbocycles. The van der Waals surface area contributed by atoms with Crippen LogP contribution in [-0.2, 0) is 16.7 Å². The highest BCUT2D eigenvalue weighted by Gasteiger charge is 2.16. The minimum absolute atomic E-state index is 0.0376. The van der Waals surface area contributed by atoms with Gasteiger partial charge in [-0.2, -0.15) is 8.42 Å². The normalized spacial score (nSPS) is 12.4. The highest BCUT2D eigenvalue weighted by molar-refractivity contribution is 7.85. The van der Waals surface area contributed by atoms with E-state index in [9.17, 15) is 8.42 Å². The molecule has 1 aromatic rings. The Morgan fingerprint density at radius 2 is 1.03 bits per heavy atom. The van der Waals surface area contributed by atoms with Crippen LogP contribution in [0.25, 0.3) is 0 Å². The Morgan fingerprint density at radius 1 is 0.656 bits per heavy atom. The van der Waals surface area contributed by atoms with Gasteiger partial charge < -0.3 is 4.48 Å². The first-order valence-electron chi connectivity index (χ1n) is 13.1. The van der Waals surface area contributed by atoms with Gasteiger partial charge in [-0.05, 0) is 25.0 Å². The van der Waals surface area contributed by atoms with E-state index >= 15 is 0 Å². The third kappa shape index (κ3) is 15.0. The van der Waals surface area contributed by atoms with Crippen LogP contribution < -0.4 is 0 Å². The zero-order valence-corrected chi connectivity index (χ0v) is 22.0. The van der Waals surface area contributed by atoms with Gasteiger partial charge in [0.25, 0.3) is 10.1 Å². The fraction of sp³-hybridized carbons (Fsp3) is 0.778. The van der Waals surface area contributed by atoms with Gasteiger partial charge in [0.15, 0.2) is 0 Å². The molecule has 1 rings (SSSR count). The number of quaternary nitrogens is 1. The molecule has 0 heterocycles. The van der Waals surface area contributed by atoms with Crippen LogP contribution in [0.3, 0.4) is 0 Å². The van der Waals surface area contributed by atoms with Gasteiger partial charge >= 0.3 is 0 Å². The second kappa shape index (κ2) is 16.7. The van der Waals surface area contributed by atoms with Crippen molar-refractivity contribution in [2.75, 3.05) is 20.6 Å². The Hall–Kier alpha value is -0.910. The molecule has 0 unspecified atom stereocenters. The van der Waals surface area contributed by atoms with Crippen molar-refractivity contribution in [3.63, 3.8) is 0 Å². The molecule has 0 saturated heterocycles. The molecule has 0 radical (unpaired) electrons. The summed E-state index contributed by atoms with van der Waals surface area (Å²) in [6.07, 6.45) is 22.2. The fourth-order valence-corrected chi connectivity index (χ4v) is 4.91. The quantitative estimate of drug-likeness (QED) is 0.121. The van der Waals surface area contributed by atoms with E-state index in [1.165, 1.54) is 115 Å². The molecule has 0 bridgehead atoms. The summed E-state index contributed by atoms with van der Waals surface area (Å²) in [4.78, 5) is -0.0376. The zero-order chi connectivity index (χ0) is 23.7. The van der Waals surface area contributed by atoms with Crippen molar-refractivity contribution in [3.05, 3.63) is 29.8 Å². The predicted octanol–water partition coefficient (Wildman–Crippen LogP) is 7.77. The molecular formula is C27H50NO3S+. The van der Waals surface area contributed by atoms with Crippen molar-refractivity contribution in [2.45, 2.75) is 121 Å². The van der Waals surface area contributed by atoms with Crippen LogP contribution in [0.1, 0.15) is 115 Å². The lowest BCUT2D eigenvalue weighted by atomic mass is 10.0. The highest BCUT2D eigenvalue weighted by atomic mass is 32.2. The molecule has 5 heteroatoms. The van der Waals surface area contributed by atoms with Crippen molar-refractivity contribution in [1.29, 1.82) is 0 Å². The first-order chi connectivity index (χ1) is 15.2. The van der Waals surface area contributed by atoms with Crippen molar-refractivity contribution in [1.82, 2.24) is 0 Å². The molecule has 1 N–H and O–H groups in total. The van der Waals surface area contributed by atoms with E-state index in [0.717, 1.165) is 23.1 Å². The molecule has 186 valence electrons. The van der Waals surface area contributed by atoms with Gasteiger partial charge in [0.1, 0.15) is 6.54 Å². The molecule has 0 fully saturated rings. The molecule has 32 heavy (non-hydrogen) atoms. The maximum Gasteiger partial charge on any atom is 0.294 e. The standard InChI is InChI=1S/C27H49NO3S/c1-4-5-6-7-8-9-10-11-12-13-14-15-16-17-18-19-24-28(2,3)25-26-20-22-27(23-21-26)32(29,30)31/h20-23H,4-19,24-25H2,1-3H3/p+1. The Labute approximate surface area is 199 Å². The highest BCUT2D eigenvalue weighted by Crippen LogP contribution is 2.17. The Morgan fingerprint density at radius 3 is 1.41 bits per heavy atom. The van der Waals surface area contributed by atoms with Crippen LogP contribution in [0.2, 0.25) is 0 Å². The van der Waals surface area contributed by atoms with Crippen molar-refractivity contribution in [3.8, 4) is 0 Å². The summed E-state index contributed by atoms with van der Waals surface area (Å²) < 4.78 is 32.3. The van der Waals surface area contributed by atoms with Gasteiger partial charge in [-0.1, -0.05) is 109 Å². The molecule has 0 atom stereocenters. The number of nitrogens with zero attached hydrogens (tertiary/aromatic N) is 1. The molecular weight excluding hydrogens is 418 g/mol. The SMILES string of the molecule is CCCCCCCCCCCCCCCCCC[N+](C)(C)Cc1ccc(S(=O)(=O)O)cc1. The maximum absolute atomic E-state index is 11.2. The number of rotatable bonds is 20. The van der Waals surface area contributed by atoms with Gasteiger partial charge in [-0.3, -0.25) is 4.55 Å². The smallest absolute Gasteiger partial charge is 0.294 e. The third-order valence-electron chi connectivity index (χ3n) is 6.45. The lowest BCUT2D eigenvalue weighted by Gasteiger charge is -2.30. The molecule has 4 nitrogen and oxygen atoms in total. The summed E-state index contributed by atoms with van der Waals surface area (Å²) in [7, 11) is 0.341. The van der Waals surface area contributed by atoms with Gasteiger partial charge in [0.2, 0.25) is 0 Å². The molecule has 0 aliphatic rings. The first kappa shape index (κ1) is 29.1. The van der Waals surface area contributed by atoms with Gasteiger partial charge in [0, 0.05) is 5.56 Å². The first-order valence-corrected chi connectivity index (χ1v) is 14.6. The van der Waals surface area contributed by atoms with Gasteiger partial charge in [0.05, 0.1) is 25.5 Å². The molecule has 0 aromatic heterocycles. The van der Waals surface area contributed by atoms with Crippen LogP contribution >= 0.6 is 0 Å². The summed E-state index contributed by atoms with van der Waals surface area (Å²) in [6.45, 7) is 4.27. The summed E-state index contributed by atoms with van der Waals surface area (Å²) in [5, 5.41) is 0. The van der Waals surface area contributed by atoms with Gasteiger partial charge in [-0.25, -0.2) is 0 Å². The molecule has 1 aromatic carbocycles.